The summed E-state index contributed by atoms with van der Waals surface area (Å²) in [6.45, 7) is 4.83. The number of nitrogens with two attached hydrogens (primary N) is 1. The molecule has 0 aromatic heterocycles. The van der Waals surface area contributed by atoms with E-state index in [0.29, 0.717) is 6.61 Å². The average Bonchev–Trinajstić information content (AvgIpc) is 2.37. The fourth-order valence-electron chi connectivity index (χ4n) is 1.91. The highest BCUT2D eigenvalue weighted by Gasteiger charge is 2.02. The van der Waals surface area contributed by atoms with Crippen molar-refractivity contribution in [1.29, 1.82) is 0 Å². The number of benzene rings is 2. The van der Waals surface area contributed by atoms with Gasteiger partial charge in [0.15, 0.2) is 0 Å². The van der Waals surface area contributed by atoms with E-state index in [0.717, 1.165) is 23.4 Å². The SMILES string of the molecule is Cc1cccc(OCCc2ccccc2N)c1C. The van der Waals surface area contributed by atoms with Crippen LogP contribution in [0.4, 0.5) is 5.69 Å². The summed E-state index contributed by atoms with van der Waals surface area (Å²) in [5, 5.41) is 0. The van der Waals surface area contributed by atoms with Crippen LogP contribution in [0.2, 0.25) is 0 Å². The lowest BCUT2D eigenvalue weighted by molar-refractivity contribution is 0.320. The summed E-state index contributed by atoms with van der Waals surface area (Å²) in [6.07, 6.45) is 0.833. The monoisotopic (exact) mass is 241 g/mol. The lowest BCUT2D eigenvalue weighted by Crippen LogP contribution is -2.04. The number of nitrogen functional groups attached to an aromatic ring is 1. The minimum Gasteiger partial charge on any atom is -0.493 e. The Morgan fingerprint density at radius 1 is 1.00 bits per heavy atom. The normalized spacial score (nSPS) is 10.3. The molecule has 2 aromatic rings. The van der Waals surface area contributed by atoms with Crippen molar-refractivity contribution in [2.24, 2.45) is 0 Å². The van der Waals surface area contributed by atoms with E-state index in [1.54, 1.807) is 0 Å². The molecule has 0 aliphatic rings. The molecule has 2 aromatic carbocycles. The Bertz CT molecular complexity index is 534. The molecule has 2 heteroatoms. The summed E-state index contributed by atoms with van der Waals surface area (Å²) in [5.41, 5.74) is 10.3. The first kappa shape index (κ1) is 12.5. The van der Waals surface area contributed by atoms with Crippen molar-refractivity contribution < 1.29 is 4.74 Å². The third-order valence-electron chi connectivity index (χ3n) is 3.24. The van der Waals surface area contributed by atoms with Crippen molar-refractivity contribution in [3.8, 4) is 5.75 Å². The number of para-hydroxylation sites is 1. The van der Waals surface area contributed by atoms with Crippen molar-refractivity contribution in [2.75, 3.05) is 12.3 Å². The summed E-state index contributed by atoms with van der Waals surface area (Å²) in [6, 6.07) is 14.0. The molecule has 0 fully saturated rings. The van der Waals surface area contributed by atoms with Crippen molar-refractivity contribution in [1.82, 2.24) is 0 Å². The van der Waals surface area contributed by atoms with Crippen LogP contribution in [0, 0.1) is 13.8 Å². The lowest BCUT2D eigenvalue weighted by Gasteiger charge is -2.11. The number of anilines is 1. The standard InChI is InChI=1S/C16H19NO/c1-12-6-5-9-16(13(12)2)18-11-10-14-7-3-4-8-15(14)17/h3-9H,10-11,17H2,1-2H3. The smallest absolute Gasteiger partial charge is 0.122 e. The van der Waals surface area contributed by atoms with E-state index in [-0.39, 0.29) is 0 Å². The van der Waals surface area contributed by atoms with E-state index in [4.69, 9.17) is 10.5 Å². The molecule has 0 atom stereocenters. The fraction of sp³-hybridized carbons (Fsp3) is 0.250. The maximum absolute atomic E-state index is 5.90. The predicted molar refractivity (Wildman–Crippen MR) is 76.0 cm³/mol. The molecule has 0 spiro atoms. The number of ether oxygens (including phenoxy) is 1. The molecule has 2 rings (SSSR count). The van der Waals surface area contributed by atoms with Gasteiger partial charge in [0.25, 0.3) is 0 Å². The summed E-state index contributed by atoms with van der Waals surface area (Å²) < 4.78 is 5.82. The van der Waals surface area contributed by atoms with Crippen LogP contribution in [0.3, 0.4) is 0 Å². The van der Waals surface area contributed by atoms with Gasteiger partial charge >= 0.3 is 0 Å². The van der Waals surface area contributed by atoms with Gasteiger partial charge in [-0.05, 0) is 42.7 Å². The minimum absolute atomic E-state index is 0.651. The van der Waals surface area contributed by atoms with Gasteiger partial charge in [0, 0.05) is 12.1 Å². The number of aryl methyl sites for hydroxylation is 1. The number of hydrogen-bond acceptors (Lipinski definition) is 2. The highest BCUT2D eigenvalue weighted by molar-refractivity contribution is 5.46. The number of rotatable bonds is 4. The third kappa shape index (κ3) is 2.83. The highest BCUT2D eigenvalue weighted by atomic mass is 16.5. The van der Waals surface area contributed by atoms with Crippen LogP contribution in [0.5, 0.6) is 5.75 Å². The molecule has 0 amide bonds. The van der Waals surface area contributed by atoms with Crippen LogP contribution >= 0.6 is 0 Å². The van der Waals surface area contributed by atoms with Crippen LogP contribution in [0.25, 0.3) is 0 Å². The Labute approximate surface area is 108 Å². The molecular weight excluding hydrogens is 222 g/mol. The molecule has 0 unspecified atom stereocenters. The van der Waals surface area contributed by atoms with Crippen molar-refractivity contribution >= 4 is 5.69 Å². The van der Waals surface area contributed by atoms with Crippen molar-refractivity contribution in [2.45, 2.75) is 20.3 Å². The Morgan fingerprint density at radius 2 is 1.78 bits per heavy atom. The predicted octanol–water partition coefficient (Wildman–Crippen LogP) is 3.51. The fourth-order valence-corrected chi connectivity index (χ4v) is 1.91. The molecular formula is C16H19NO. The molecule has 0 saturated carbocycles. The van der Waals surface area contributed by atoms with E-state index in [2.05, 4.69) is 19.9 Å². The maximum atomic E-state index is 5.90. The Balaban J connectivity index is 1.97. The average molecular weight is 241 g/mol. The topological polar surface area (TPSA) is 35.2 Å². The van der Waals surface area contributed by atoms with Crippen LogP contribution < -0.4 is 10.5 Å². The quantitative estimate of drug-likeness (QED) is 0.831. The van der Waals surface area contributed by atoms with Gasteiger partial charge in [-0.2, -0.15) is 0 Å². The summed E-state index contributed by atoms with van der Waals surface area (Å²) in [7, 11) is 0. The van der Waals surface area contributed by atoms with E-state index < -0.39 is 0 Å². The van der Waals surface area contributed by atoms with Gasteiger partial charge < -0.3 is 10.5 Å². The second kappa shape index (κ2) is 5.58. The van der Waals surface area contributed by atoms with E-state index >= 15 is 0 Å². The van der Waals surface area contributed by atoms with Crippen molar-refractivity contribution in [3.63, 3.8) is 0 Å². The van der Waals surface area contributed by atoms with E-state index in [1.807, 2.05) is 36.4 Å². The number of hydrogen-bond donors (Lipinski definition) is 1. The third-order valence-corrected chi connectivity index (χ3v) is 3.24. The zero-order valence-electron chi connectivity index (χ0n) is 10.9. The van der Waals surface area contributed by atoms with Gasteiger partial charge in [0.2, 0.25) is 0 Å². The second-order valence-electron chi connectivity index (χ2n) is 4.50. The molecule has 0 aliphatic heterocycles. The highest BCUT2D eigenvalue weighted by Crippen LogP contribution is 2.21. The minimum atomic E-state index is 0.651. The Hall–Kier alpha value is -1.96. The van der Waals surface area contributed by atoms with Crippen LogP contribution in [0.15, 0.2) is 42.5 Å². The molecule has 0 heterocycles. The Morgan fingerprint density at radius 3 is 2.56 bits per heavy atom. The zero-order chi connectivity index (χ0) is 13.0. The van der Waals surface area contributed by atoms with Crippen LogP contribution in [-0.2, 0) is 6.42 Å². The molecule has 2 N–H and O–H groups in total. The first-order valence-electron chi connectivity index (χ1n) is 6.21. The van der Waals surface area contributed by atoms with Gasteiger partial charge in [-0.3, -0.25) is 0 Å². The molecule has 18 heavy (non-hydrogen) atoms. The van der Waals surface area contributed by atoms with Crippen molar-refractivity contribution in [3.05, 3.63) is 59.2 Å². The Kier molecular flexibility index (Phi) is 3.88. The summed E-state index contributed by atoms with van der Waals surface area (Å²) in [4.78, 5) is 0. The zero-order valence-corrected chi connectivity index (χ0v) is 10.9. The molecule has 94 valence electrons. The molecule has 0 aliphatic carbocycles. The van der Waals surface area contributed by atoms with E-state index in [9.17, 15) is 0 Å². The van der Waals surface area contributed by atoms with Crippen LogP contribution in [-0.4, -0.2) is 6.61 Å². The molecule has 2 nitrogen and oxygen atoms in total. The molecule has 0 radical (unpaired) electrons. The van der Waals surface area contributed by atoms with Crippen LogP contribution in [0.1, 0.15) is 16.7 Å². The van der Waals surface area contributed by atoms with Gasteiger partial charge in [-0.1, -0.05) is 30.3 Å². The van der Waals surface area contributed by atoms with E-state index in [1.165, 1.54) is 11.1 Å². The second-order valence-corrected chi connectivity index (χ2v) is 4.50. The maximum Gasteiger partial charge on any atom is 0.122 e. The molecule has 0 saturated heterocycles. The van der Waals surface area contributed by atoms with Gasteiger partial charge in [-0.25, -0.2) is 0 Å². The van der Waals surface area contributed by atoms with Gasteiger partial charge in [-0.15, -0.1) is 0 Å². The largest absolute Gasteiger partial charge is 0.493 e. The van der Waals surface area contributed by atoms with Gasteiger partial charge in [0.1, 0.15) is 5.75 Å². The summed E-state index contributed by atoms with van der Waals surface area (Å²) >= 11 is 0. The lowest BCUT2D eigenvalue weighted by atomic mass is 10.1. The van der Waals surface area contributed by atoms with Gasteiger partial charge in [0.05, 0.1) is 6.61 Å². The first-order valence-corrected chi connectivity index (χ1v) is 6.21. The first-order chi connectivity index (χ1) is 8.68. The molecule has 0 bridgehead atoms. The summed E-state index contributed by atoms with van der Waals surface area (Å²) in [5.74, 6) is 0.963.